The molecule has 2 nitrogen and oxygen atoms in total. The second kappa shape index (κ2) is 4.76. The molecule has 0 saturated carbocycles. The normalized spacial score (nSPS) is 12.9. The van der Waals surface area contributed by atoms with Crippen molar-refractivity contribution in [3.63, 3.8) is 0 Å². The highest BCUT2D eigenvalue weighted by molar-refractivity contribution is 7.17. The monoisotopic (exact) mass is 233 g/mol. The van der Waals surface area contributed by atoms with Crippen LogP contribution in [0.3, 0.4) is 0 Å². The summed E-state index contributed by atoms with van der Waals surface area (Å²) in [5.74, 6) is 0.139. The molecule has 2 rings (SSSR count). The molecule has 1 atom stereocenters. The van der Waals surface area contributed by atoms with Gasteiger partial charge in [0, 0.05) is 33.5 Å². The molecule has 2 aromatic rings. The number of thiophene rings is 1. The first-order valence-electron chi connectivity index (χ1n) is 5.48. The molecule has 0 bridgehead atoms. The molecule has 2 N–H and O–H groups in total. The Morgan fingerprint density at radius 3 is 2.88 bits per heavy atom. The number of hydrogen-bond donors (Lipinski definition) is 1. The third-order valence-electron chi connectivity index (χ3n) is 2.89. The summed E-state index contributed by atoms with van der Waals surface area (Å²) < 4.78 is 1.16. The summed E-state index contributed by atoms with van der Waals surface area (Å²) in [5.41, 5.74) is 6.45. The lowest BCUT2D eigenvalue weighted by atomic mass is 9.95. The third-order valence-corrected chi connectivity index (χ3v) is 3.86. The number of ketones is 1. The Kier molecular flexibility index (Phi) is 3.36. The van der Waals surface area contributed by atoms with E-state index in [1.807, 2.05) is 36.6 Å². The zero-order valence-electron chi connectivity index (χ0n) is 9.27. The van der Waals surface area contributed by atoms with Crippen LogP contribution in [0.15, 0.2) is 29.6 Å². The number of hydrogen-bond acceptors (Lipinski definition) is 3. The van der Waals surface area contributed by atoms with Crippen LogP contribution in [0.4, 0.5) is 0 Å². The average Bonchev–Trinajstić information content (AvgIpc) is 2.74. The van der Waals surface area contributed by atoms with Crippen LogP contribution in [0.5, 0.6) is 0 Å². The van der Waals surface area contributed by atoms with E-state index in [2.05, 4.69) is 0 Å². The van der Waals surface area contributed by atoms with Crippen LogP contribution in [0.25, 0.3) is 10.1 Å². The topological polar surface area (TPSA) is 43.1 Å². The van der Waals surface area contributed by atoms with E-state index in [1.165, 1.54) is 0 Å². The quantitative estimate of drug-likeness (QED) is 0.825. The van der Waals surface area contributed by atoms with E-state index in [1.54, 1.807) is 11.3 Å². The number of nitrogens with two attached hydrogens (primary N) is 1. The lowest BCUT2D eigenvalue weighted by molar-refractivity contribution is 0.0923. The molecule has 16 heavy (non-hydrogen) atoms. The molecule has 84 valence electrons. The summed E-state index contributed by atoms with van der Waals surface area (Å²) in [7, 11) is 0. The lowest BCUT2D eigenvalue weighted by Crippen LogP contribution is -2.22. The highest BCUT2D eigenvalue weighted by atomic mass is 32.1. The molecule has 3 heteroatoms. The summed E-state index contributed by atoms with van der Waals surface area (Å²) in [6.45, 7) is 2.43. The lowest BCUT2D eigenvalue weighted by Gasteiger charge is -2.09. The first kappa shape index (κ1) is 11.3. The first-order chi connectivity index (χ1) is 7.77. The smallest absolute Gasteiger partial charge is 0.168 e. The molecule has 0 fully saturated rings. The fourth-order valence-electron chi connectivity index (χ4n) is 1.85. The minimum absolute atomic E-state index is 0.0435. The fourth-order valence-corrected chi connectivity index (χ4v) is 2.80. The van der Waals surface area contributed by atoms with Crippen LogP contribution in [-0.4, -0.2) is 12.3 Å². The van der Waals surface area contributed by atoms with E-state index >= 15 is 0 Å². The summed E-state index contributed by atoms with van der Waals surface area (Å²) in [6, 6.07) is 8.00. The largest absolute Gasteiger partial charge is 0.330 e. The number of benzene rings is 1. The van der Waals surface area contributed by atoms with Crippen molar-refractivity contribution in [2.45, 2.75) is 13.3 Å². The van der Waals surface area contributed by atoms with Crippen LogP contribution < -0.4 is 5.73 Å². The molecule has 0 aliphatic heterocycles. The minimum Gasteiger partial charge on any atom is -0.330 e. The molecule has 0 aliphatic carbocycles. The van der Waals surface area contributed by atoms with Gasteiger partial charge in [-0.25, -0.2) is 0 Å². The van der Waals surface area contributed by atoms with Crippen LogP contribution in [0, 0.1) is 5.92 Å². The predicted molar refractivity (Wildman–Crippen MR) is 69.0 cm³/mol. The molecule has 1 aromatic heterocycles. The maximum absolute atomic E-state index is 12.2. The molecule has 1 heterocycles. The van der Waals surface area contributed by atoms with Crippen molar-refractivity contribution in [3.8, 4) is 0 Å². The molecule has 0 radical (unpaired) electrons. The van der Waals surface area contributed by atoms with Gasteiger partial charge in [-0.3, -0.25) is 4.79 Å². The fraction of sp³-hybridized carbons (Fsp3) is 0.308. The van der Waals surface area contributed by atoms with Crippen LogP contribution in [0.1, 0.15) is 23.7 Å². The van der Waals surface area contributed by atoms with E-state index < -0.39 is 0 Å². The van der Waals surface area contributed by atoms with Gasteiger partial charge in [-0.15, -0.1) is 11.3 Å². The maximum Gasteiger partial charge on any atom is 0.168 e. The molecule has 1 aromatic carbocycles. The van der Waals surface area contributed by atoms with Gasteiger partial charge < -0.3 is 5.73 Å². The third kappa shape index (κ3) is 1.88. The number of Topliss-reactive ketones (excluding diaryl/α,β-unsaturated/α-hetero) is 1. The molecule has 0 saturated heterocycles. The van der Waals surface area contributed by atoms with Gasteiger partial charge in [-0.2, -0.15) is 0 Å². The summed E-state index contributed by atoms with van der Waals surface area (Å²) in [4.78, 5) is 12.2. The Morgan fingerprint density at radius 2 is 2.19 bits per heavy atom. The van der Waals surface area contributed by atoms with E-state index in [9.17, 15) is 4.79 Å². The van der Waals surface area contributed by atoms with Gasteiger partial charge in [0.1, 0.15) is 0 Å². The van der Waals surface area contributed by atoms with Gasteiger partial charge in [0.15, 0.2) is 5.78 Å². The zero-order valence-corrected chi connectivity index (χ0v) is 10.1. The van der Waals surface area contributed by atoms with Crippen molar-refractivity contribution < 1.29 is 4.79 Å². The van der Waals surface area contributed by atoms with Crippen molar-refractivity contribution in [2.24, 2.45) is 11.7 Å². The molecule has 0 amide bonds. The van der Waals surface area contributed by atoms with Crippen molar-refractivity contribution in [2.75, 3.05) is 6.54 Å². The van der Waals surface area contributed by atoms with Gasteiger partial charge in [0.05, 0.1) is 0 Å². The van der Waals surface area contributed by atoms with Gasteiger partial charge in [-0.1, -0.05) is 25.1 Å². The Morgan fingerprint density at radius 1 is 1.44 bits per heavy atom. The Hall–Kier alpha value is -1.19. The SMILES string of the molecule is CCC(CN)C(=O)c1csc2ccccc12. The van der Waals surface area contributed by atoms with Crippen LogP contribution >= 0.6 is 11.3 Å². The molecule has 1 unspecified atom stereocenters. The Balaban J connectivity index is 2.43. The first-order valence-corrected chi connectivity index (χ1v) is 6.36. The second-order valence-electron chi connectivity index (χ2n) is 3.85. The van der Waals surface area contributed by atoms with Gasteiger partial charge >= 0.3 is 0 Å². The Bertz CT molecular complexity index is 499. The number of carbonyl (C=O) groups is 1. The van der Waals surface area contributed by atoms with Crippen molar-refractivity contribution in [1.29, 1.82) is 0 Å². The van der Waals surface area contributed by atoms with Crippen molar-refractivity contribution >= 4 is 27.2 Å². The highest BCUT2D eigenvalue weighted by Crippen LogP contribution is 2.27. The molecule has 0 aliphatic rings. The summed E-state index contributed by atoms with van der Waals surface area (Å²) in [6.07, 6.45) is 0.805. The predicted octanol–water partition coefficient (Wildman–Crippen LogP) is 3.07. The summed E-state index contributed by atoms with van der Waals surface area (Å²) >= 11 is 1.62. The van der Waals surface area contributed by atoms with E-state index in [-0.39, 0.29) is 11.7 Å². The number of carbonyl (C=O) groups excluding carboxylic acids is 1. The van der Waals surface area contributed by atoms with Gasteiger partial charge in [0.2, 0.25) is 0 Å². The average molecular weight is 233 g/mol. The van der Waals surface area contributed by atoms with E-state index in [0.717, 1.165) is 22.1 Å². The van der Waals surface area contributed by atoms with Gasteiger partial charge in [0.25, 0.3) is 0 Å². The second-order valence-corrected chi connectivity index (χ2v) is 4.76. The zero-order chi connectivity index (χ0) is 11.5. The number of rotatable bonds is 4. The van der Waals surface area contributed by atoms with Crippen LogP contribution in [0.2, 0.25) is 0 Å². The maximum atomic E-state index is 12.2. The minimum atomic E-state index is -0.0435. The van der Waals surface area contributed by atoms with Crippen molar-refractivity contribution in [1.82, 2.24) is 0 Å². The van der Waals surface area contributed by atoms with E-state index in [0.29, 0.717) is 6.54 Å². The Labute approximate surface area is 99.1 Å². The molecular formula is C13H15NOS. The summed E-state index contributed by atoms with van der Waals surface area (Å²) in [5, 5.41) is 3.01. The van der Waals surface area contributed by atoms with Crippen LogP contribution in [-0.2, 0) is 0 Å². The highest BCUT2D eigenvalue weighted by Gasteiger charge is 2.19. The van der Waals surface area contributed by atoms with Crippen molar-refractivity contribution in [3.05, 3.63) is 35.2 Å². The van der Waals surface area contributed by atoms with E-state index in [4.69, 9.17) is 5.73 Å². The number of fused-ring (bicyclic) bond motifs is 1. The molecule has 0 spiro atoms. The standard InChI is InChI=1S/C13H15NOS/c1-2-9(7-14)13(15)11-8-16-12-6-4-3-5-10(11)12/h3-6,8-9H,2,7,14H2,1H3. The van der Waals surface area contributed by atoms with Gasteiger partial charge in [-0.05, 0) is 12.5 Å². The molecular weight excluding hydrogens is 218 g/mol.